The third-order valence-corrected chi connectivity index (χ3v) is 3.98. The molecule has 1 aliphatic carbocycles. The highest BCUT2D eigenvalue weighted by Crippen LogP contribution is 2.51. The van der Waals surface area contributed by atoms with Gasteiger partial charge in [-0.15, -0.1) is 0 Å². The molecule has 2 fully saturated rings. The predicted octanol–water partition coefficient (Wildman–Crippen LogP) is 2.17. The summed E-state index contributed by atoms with van der Waals surface area (Å²) in [5.74, 6) is 1.40. The second-order valence-electron chi connectivity index (χ2n) is 4.72. The van der Waals surface area contributed by atoms with Crippen LogP contribution in [-0.2, 0) is 9.53 Å². The zero-order valence-electron chi connectivity index (χ0n) is 8.45. The van der Waals surface area contributed by atoms with Crippen LogP contribution in [-0.4, -0.2) is 18.0 Å². The highest BCUT2D eigenvalue weighted by Gasteiger charge is 2.52. The van der Waals surface area contributed by atoms with Crippen LogP contribution in [0.4, 0.5) is 0 Å². The average molecular weight is 182 g/mol. The van der Waals surface area contributed by atoms with Gasteiger partial charge >= 0.3 is 0 Å². The molecule has 0 aromatic carbocycles. The summed E-state index contributed by atoms with van der Waals surface area (Å²) in [5, 5.41) is 0. The maximum absolute atomic E-state index is 10.7. The Morgan fingerprint density at radius 2 is 2.23 bits per heavy atom. The molecule has 0 amide bonds. The standard InChI is InChI=1S/C11H18O2/c1-8-6-11(9(8)2)5-3-4-10(7-12)13-11/h7-10H,3-6H2,1-2H3. The first-order valence-electron chi connectivity index (χ1n) is 5.31. The minimum absolute atomic E-state index is 0.0727. The van der Waals surface area contributed by atoms with Crippen molar-refractivity contribution in [1.29, 1.82) is 0 Å². The summed E-state index contributed by atoms with van der Waals surface area (Å²) in [4.78, 5) is 10.7. The summed E-state index contributed by atoms with van der Waals surface area (Å²) in [5.41, 5.74) is 0.0727. The second kappa shape index (κ2) is 3.09. The molecule has 4 atom stereocenters. The first-order chi connectivity index (χ1) is 6.18. The van der Waals surface area contributed by atoms with Gasteiger partial charge in [-0.05, 0) is 37.5 Å². The van der Waals surface area contributed by atoms with E-state index >= 15 is 0 Å². The van der Waals surface area contributed by atoms with Crippen molar-refractivity contribution in [2.45, 2.75) is 51.2 Å². The van der Waals surface area contributed by atoms with Crippen LogP contribution in [0.3, 0.4) is 0 Å². The molecular formula is C11H18O2. The van der Waals surface area contributed by atoms with E-state index in [9.17, 15) is 4.79 Å². The van der Waals surface area contributed by atoms with Gasteiger partial charge in [0.15, 0.2) is 0 Å². The lowest BCUT2D eigenvalue weighted by Gasteiger charge is -2.55. The molecular weight excluding hydrogens is 164 g/mol. The van der Waals surface area contributed by atoms with E-state index in [2.05, 4.69) is 13.8 Å². The highest BCUT2D eigenvalue weighted by molar-refractivity contribution is 5.56. The fraction of sp³-hybridized carbons (Fsp3) is 0.909. The van der Waals surface area contributed by atoms with Crippen LogP contribution >= 0.6 is 0 Å². The van der Waals surface area contributed by atoms with Gasteiger partial charge in [-0.25, -0.2) is 0 Å². The van der Waals surface area contributed by atoms with Gasteiger partial charge in [0, 0.05) is 0 Å². The molecule has 1 heterocycles. The summed E-state index contributed by atoms with van der Waals surface area (Å²) < 4.78 is 5.87. The molecule has 13 heavy (non-hydrogen) atoms. The maximum Gasteiger partial charge on any atom is 0.148 e. The highest BCUT2D eigenvalue weighted by atomic mass is 16.5. The number of rotatable bonds is 1. The summed E-state index contributed by atoms with van der Waals surface area (Å²) >= 11 is 0. The molecule has 74 valence electrons. The Morgan fingerprint density at radius 1 is 1.46 bits per heavy atom. The second-order valence-corrected chi connectivity index (χ2v) is 4.72. The van der Waals surface area contributed by atoms with Crippen molar-refractivity contribution in [3.8, 4) is 0 Å². The van der Waals surface area contributed by atoms with Gasteiger partial charge in [0.1, 0.15) is 12.4 Å². The van der Waals surface area contributed by atoms with E-state index in [-0.39, 0.29) is 11.7 Å². The molecule has 0 aromatic heterocycles. The van der Waals surface area contributed by atoms with Crippen LogP contribution in [0.1, 0.15) is 39.5 Å². The molecule has 0 aromatic rings. The van der Waals surface area contributed by atoms with E-state index in [0.29, 0.717) is 5.92 Å². The van der Waals surface area contributed by atoms with E-state index in [1.807, 2.05) is 0 Å². The van der Waals surface area contributed by atoms with Crippen LogP contribution in [0.15, 0.2) is 0 Å². The first-order valence-corrected chi connectivity index (χ1v) is 5.31. The Hall–Kier alpha value is -0.370. The van der Waals surface area contributed by atoms with E-state index in [1.165, 1.54) is 0 Å². The lowest BCUT2D eigenvalue weighted by atomic mass is 9.60. The Kier molecular flexibility index (Phi) is 2.18. The van der Waals surface area contributed by atoms with Crippen LogP contribution in [0.5, 0.6) is 0 Å². The average Bonchev–Trinajstić information content (AvgIpc) is 2.18. The van der Waals surface area contributed by atoms with Crippen molar-refractivity contribution >= 4 is 6.29 Å². The van der Waals surface area contributed by atoms with Gasteiger partial charge in [-0.3, -0.25) is 0 Å². The quantitative estimate of drug-likeness (QED) is 0.581. The molecule has 0 bridgehead atoms. The zero-order chi connectivity index (χ0) is 9.47. The van der Waals surface area contributed by atoms with Crippen molar-refractivity contribution in [3.05, 3.63) is 0 Å². The summed E-state index contributed by atoms with van der Waals surface area (Å²) in [6, 6.07) is 0. The SMILES string of the molecule is CC1CC2(CCCC(C=O)O2)C1C. The van der Waals surface area contributed by atoms with Gasteiger partial charge in [-0.1, -0.05) is 13.8 Å². The molecule has 1 saturated carbocycles. The first kappa shape index (κ1) is 9.20. The molecule has 0 N–H and O–H groups in total. The number of aldehydes is 1. The van der Waals surface area contributed by atoms with E-state index < -0.39 is 0 Å². The summed E-state index contributed by atoms with van der Waals surface area (Å²) in [6.45, 7) is 4.52. The lowest BCUT2D eigenvalue weighted by Crippen LogP contribution is -2.57. The van der Waals surface area contributed by atoms with E-state index in [4.69, 9.17) is 4.74 Å². The monoisotopic (exact) mass is 182 g/mol. The normalized spacial score (nSPS) is 50.2. The van der Waals surface area contributed by atoms with Gasteiger partial charge < -0.3 is 9.53 Å². The number of ether oxygens (including phenoxy) is 1. The molecule has 1 aliphatic heterocycles. The number of carbonyl (C=O) groups excluding carboxylic acids is 1. The summed E-state index contributed by atoms with van der Waals surface area (Å²) in [7, 11) is 0. The Labute approximate surface area is 79.7 Å². The molecule has 1 spiro atoms. The molecule has 2 aliphatic rings. The van der Waals surface area contributed by atoms with Gasteiger partial charge in [0.05, 0.1) is 5.60 Å². The zero-order valence-corrected chi connectivity index (χ0v) is 8.45. The Bertz CT molecular complexity index is 210. The number of hydrogen-bond donors (Lipinski definition) is 0. The van der Waals surface area contributed by atoms with Crippen LogP contribution < -0.4 is 0 Å². The van der Waals surface area contributed by atoms with Crippen molar-refractivity contribution in [2.75, 3.05) is 0 Å². The lowest BCUT2D eigenvalue weighted by molar-refractivity contribution is -0.216. The van der Waals surface area contributed by atoms with E-state index in [1.54, 1.807) is 0 Å². The minimum atomic E-state index is -0.122. The van der Waals surface area contributed by atoms with Gasteiger partial charge in [-0.2, -0.15) is 0 Å². The predicted molar refractivity (Wildman–Crippen MR) is 50.5 cm³/mol. The van der Waals surface area contributed by atoms with Gasteiger partial charge in [0.2, 0.25) is 0 Å². The third-order valence-electron chi connectivity index (χ3n) is 3.98. The molecule has 2 heteroatoms. The minimum Gasteiger partial charge on any atom is -0.364 e. The van der Waals surface area contributed by atoms with Crippen LogP contribution in [0.25, 0.3) is 0 Å². The number of hydrogen-bond acceptors (Lipinski definition) is 2. The van der Waals surface area contributed by atoms with Crippen molar-refractivity contribution in [2.24, 2.45) is 11.8 Å². The summed E-state index contributed by atoms with van der Waals surface area (Å²) in [6.07, 6.45) is 5.23. The van der Waals surface area contributed by atoms with Crippen molar-refractivity contribution in [1.82, 2.24) is 0 Å². The third kappa shape index (κ3) is 1.32. The molecule has 4 unspecified atom stereocenters. The molecule has 0 radical (unpaired) electrons. The topological polar surface area (TPSA) is 26.3 Å². The van der Waals surface area contributed by atoms with Crippen molar-refractivity contribution < 1.29 is 9.53 Å². The van der Waals surface area contributed by atoms with Gasteiger partial charge in [0.25, 0.3) is 0 Å². The Morgan fingerprint density at radius 3 is 2.77 bits per heavy atom. The van der Waals surface area contributed by atoms with Crippen molar-refractivity contribution in [3.63, 3.8) is 0 Å². The molecule has 2 rings (SSSR count). The maximum atomic E-state index is 10.7. The number of carbonyl (C=O) groups is 1. The largest absolute Gasteiger partial charge is 0.364 e. The fourth-order valence-electron chi connectivity index (χ4n) is 2.87. The van der Waals surface area contributed by atoms with E-state index in [0.717, 1.165) is 37.9 Å². The van der Waals surface area contributed by atoms with Crippen LogP contribution in [0, 0.1) is 11.8 Å². The molecule has 2 nitrogen and oxygen atoms in total. The van der Waals surface area contributed by atoms with Crippen LogP contribution in [0.2, 0.25) is 0 Å². The Balaban J connectivity index is 2.03. The molecule has 1 saturated heterocycles. The smallest absolute Gasteiger partial charge is 0.148 e. The fourth-order valence-corrected chi connectivity index (χ4v) is 2.87.